The Hall–Kier alpha value is -3.15. The first-order chi connectivity index (χ1) is 13.0. The van der Waals surface area contributed by atoms with Crippen LogP contribution in [0.15, 0.2) is 54.7 Å². The van der Waals surface area contributed by atoms with E-state index in [2.05, 4.69) is 0 Å². The first kappa shape index (κ1) is 17.3. The second-order valence-electron chi connectivity index (χ2n) is 6.93. The summed E-state index contributed by atoms with van der Waals surface area (Å²) in [6.45, 7) is 1.36. The summed E-state index contributed by atoms with van der Waals surface area (Å²) in [5.41, 5.74) is 7.61. The number of halogens is 1. The molecular formula is C21H20FN3O2. The molecule has 27 heavy (non-hydrogen) atoms. The van der Waals surface area contributed by atoms with Gasteiger partial charge in [0.05, 0.1) is 5.56 Å². The van der Waals surface area contributed by atoms with Crippen LogP contribution < -0.4 is 5.73 Å². The number of rotatable bonds is 4. The van der Waals surface area contributed by atoms with Crippen LogP contribution in [0.5, 0.6) is 0 Å². The third-order valence-electron chi connectivity index (χ3n) is 5.22. The zero-order chi connectivity index (χ0) is 19.0. The maximum absolute atomic E-state index is 13.5. The van der Waals surface area contributed by atoms with Gasteiger partial charge in [-0.15, -0.1) is 0 Å². The van der Waals surface area contributed by atoms with Crippen LogP contribution in [0.3, 0.4) is 0 Å². The van der Waals surface area contributed by atoms with Gasteiger partial charge in [0.15, 0.2) is 0 Å². The highest BCUT2D eigenvalue weighted by Crippen LogP contribution is 2.28. The first-order valence-electron chi connectivity index (χ1n) is 8.94. The molecule has 4 rings (SSSR count). The minimum Gasteiger partial charge on any atom is -0.366 e. The van der Waals surface area contributed by atoms with E-state index < -0.39 is 5.91 Å². The first-order valence-corrected chi connectivity index (χ1v) is 8.94. The van der Waals surface area contributed by atoms with Crippen LogP contribution in [0, 0.1) is 5.82 Å². The van der Waals surface area contributed by atoms with Crippen LogP contribution >= 0.6 is 0 Å². The number of nitrogens with two attached hydrogens (primary N) is 1. The van der Waals surface area contributed by atoms with Gasteiger partial charge in [-0.05, 0) is 30.2 Å². The molecule has 1 unspecified atom stereocenters. The van der Waals surface area contributed by atoms with E-state index in [0.29, 0.717) is 18.7 Å². The van der Waals surface area contributed by atoms with Crippen molar-refractivity contribution in [2.45, 2.75) is 18.9 Å². The van der Waals surface area contributed by atoms with E-state index in [0.717, 1.165) is 22.9 Å². The van der Waals surface area contributed by atoms with Gasteiger partial charge in [-0.1, -0.05) is 30.3 Å². The number of aromatic nitrogens is 1. The molecule has 2 amide bonds. The fourth-order valence-corrected chi connectivity index (χ4v) is 3.84. The Labute approximate surface area is 156 Å². The molecule has 0 radical (unpaired) electrons. The summed E-state index contributed by atoms with van der Waals surface area (Å²) in [4.78, 5) is 26.3. The van der Waals surface area contributed by atoms with E-state index in [-0.39, 0.29) is 24.2 Å². The van der Waals surface area contributed by atoms with Gasteiger partial charge >= 0.3 is 0 Å². The molecule has 6 heteroatoms. The molecule has 1 saturated heterocycles. The van der Waals surface area contributed by atoms with Crippen LogP contribution in [-0.4, -0.2) is 34.4 Å². The maximum atomic E-state index is 13.5. The Morgan fingerprint density at radius 3 is 2.74 bits per heavy atom. The summed E-state index contributed by atoms with van der Waals surface area (Å²) in [6, 6.07) is 14.0. The van der Waals surface area contributed by atoms with Crippen molar-refractivity contribution >= 4 is 22.7 Å². The Bertz CT molecular complexity index is 1030. The summed E-state index contributed by atoms with van der Waals surface area (Å²) in [5.74, 6) is -0.641. The van der Waals surface area contributed by atoms with Crippen molar-refractivity contribution in [3.63, 3.8) is 0 Å². The molecule has 5 nitrogen and oxygen atoms in total. The molecule has 0 aliphatic carbocycles. The molecule has 2 N–H and O–H groups in total. The molecule has 1 atom stereocenters. The number of hydrogen-bond acceptors (Lipinski definition) is 2. The number of likely N-dealkylation sites (tertiary alicyclic amines) is 1. The Balaban J connectivity index is 1.52. The predicted molar refractivity (Wildman–Crippen MR) is 101 cm³/mol. The lowest BCUT2D eigenvalue weighted by Gasteiger charge is -2.17. The Morgan fingerprint density at radius 2 is 1.96 bits per heavy atom. The molecule has 138 valence electrons. The maximum Gasteiger partial charge on any atom is 0.250 e. The van der Waals surface area contributed by atoms with E-state index in [1.165, 1.54) is 12.1 Å². The third kappa shape index (κ3) is 3.30. The molecule has 2 heterocycles. The highest BCUT2D eigenvalue weighted by atomic mass is 19.1. The van der Waals surface area contributed by atoms with Crippen molar-refractivity contribution in [2.75, 3.05) is 13.1 Å². The summed E-state index contributed by atoms with van der Waals surface area (Å²) in [7, 11) is 0. The zero-order valence-electron chi connectivity index (χ0n) is 14.8. The summed E-state index contributed by atoms with van der Waals surface area (Å²) in [5, 5.41) is 0.747. The quantitative estimate of drug-likeness (QED) is 0.772. The number of amides is 2. The molecule has 1 aliphatic rings. The Kier molecular flexibility index (Phi) is 4.39. The van der Waals surface area contributed by atoms with Crippen LogP contribution in [0.4, 0.5) is 4.39 Å². The lowest BCUT2D eigenvalue weighted by atomic mass is 9.98. The highest BCUT2D eigenvalue weighted by Gasteiger charge is 2.28. The number of primary amides is 1. The van der Waals surface area contributed by atoms with Crippen LogP contribution in [0.1, 0.15) is 28.3 Å². The predicted octanol–water partition coefficient (Wildman–Crippen LogP) is 2.90. The molecule has 2 aromatic carbocycles. The summed E-state index contributed by atoms with van der Waals surface area (Å²) in [6.07, 6.45) is 2.46. The largest absolute Gasteiger partial charge is 0.366 e. The number of para-hydroxylation sites is 1. The van der Waals surface area contributed by atoms with Gasteiger partial charge < -0.3 is 15.2 Å². The van der Waals surface area contributed by atoms with Crippen molar-refractivity contribution in [3.05, 3.63) is 71.7 Å². The molecule has 1 fully saturated rings. The standard InChI is InChI=1S/C21H20FN3O2/c22-16-5-3-4-14(10-16)15-8-9-24(11-15)20(26)13-25-12-18(21(23)27)17-6-1-2-7-19(17)25/h1-7,10,12,15H,8-9,11,13H2,(H2,23,27). The van der Waals surface area contributed by atoms with Crippen molar-refractivity contribution in [3.8, 4) is 0 Å². The molecule has 1 aliphatic heterocycles. The minimum atomic E-state index is -0.510. The lowest BCUT2D eigenvalue weighted by Crippen LogP contribution is -2.31. The number of nitrogens with zero attached hydrogens (tertiary/aromatic N) is 2. The highest BCUT2D eigenvalue weighted by molar-refractivity contribution is 6.06. The van der Waals surface area contributed by atoms with Gasteiger partial charge in [-0.3, -0.25) is 9.59 Å². The topological polar surface area (TPSA) is 68.3 Å². The number of hydrogen-bond donors (Lipinski definition) is 1. The second-order valence-corrected chi connectivity index (χ2v) is 6.93. The Morgan fingerprint density at radius 1 is 1.15 bits per heavy atom. The molecule has 0 spiro atoms. The smallest absolute Gasteiger partial charge is 0.250 e. The van der Waals surface area contributed by atoms with Crippen LogP contribution in [0.2, 0.25) is 0 Å². The number of carbonyl (C=O) groups excluding carboxylic acids is 2. The van der Waals surface area contributed by atoms with Gasteiger partial charge in [0.2, 0.25) is 5.91 Å². The lowest BCUT2D eigenvalue weighted by molar-refractivity contribution is -0.130. The van der Waals surface area contributed by atoms with E-state index in [9.17, 15) is 14.0 Å². The number of carbonyl (C=O) groups is 2. The van der Waals surface area contributed by atoms with Crippen LogP contribution in [0.25, 0.3) is 10.9 Å². The van der Waals surface area contributed by atoms with Gasteiger partial charge in [0.1, 0.15) is 12.4 Å². The van der Waals surface area contributed by atoms with Crippen molar-refractivity contribution < 1.29 is 14.0 Å². The zero-order valence-corrected chi connectivity index (χ0v) is 14.8. The fourth-order valence-electron chi connectivity index (χ4n) is 3.84. The van der Waals surface area contributed by atoms with Crippen LogP contribution in [-0.2, 0) is 11.3 Å². The second kappa shape index (κ2) is 6.87. The molecule has 0 bridgehead atoms. The third-order valence-corrected chi connectivity index (χ3v) is 5.22. The van der Waals surface area contributed by atoms with Crippen molar-refractivity contribution in [1.29, 1.82) is 0 Å². The van der Waals surface area contributed by atoms with Gasteiger partial charge in [-0.25, -0.2) is 4.39 Å². The number of benzene rings is 2. The van der Waals surface area contributed by atoms with E-state index >= 15 is 0 Å². The minimum absolute atomic E-state index is 0.0225. The molecule has 0 saturated carbocycles. The summed E-state index contributed by atoms with van der Waals surface area (Å²) >= 11 is 0. The van der Waals surface area contributed by atoms with Gasteiger partial charge in [0, 0.05) is 36.1 Å². The van der Waals surface area contributed by atoms with E-state index in [1.54, 1.807) is 21.7 Å². The summed E-state index contributed by atoms with van der Waals surface area (Å²) < 4.78 is 15.2. The van der Waals surface area contributed by atoms with E-state index in [1.807, 2.05) is 30.3 Å². The molecule has 1 aromatic heterocycles. The fraction of sp³-hybridized carbons (Fsp3) is 0.238. The van der Waals surface area contributed by atoms with Gasteiger partial charge in [-0.2, -0.15) is 0 Å². The van der Waals surface area contributed by atoms with Crippen molar-refractivity contribution in [2.24, 2.45) is 5.73 Å². The molecular weight excluding hydrogens is 345 g/mol. The normalized spacial score (nSPS) is 16.8. The van der Waals surface area contributed by atoms with Gasteiger partial charge in [0.25, 0.3) is 5.91 Å². The van der Waals surface area contributed by atoms with E-state index in [4.69, 9.17) is 5.73 Å². The van der Waals surface area contributed by atoms with Crippen molar-refractivity contribution in [1.82, 2.24) is 9.47 Å². The average Bonchev–Trinajstić information content (AvgIpc) is 3.28. The average molecular weight is 365 g/mol. The monoisotopic (exact) mass is 365 g/mol. The SMILES string of the molecule is NC(=O)c1cn(CC(=O)N2CCC(c3cccc(F)c3)C2)c2ccccc12. The molecule has 3 aromatic rings. The number of fused-ring (bicyclic) bond motifs is 1.